The van der Waals surface area contributed by atoms with Crippen molar-refractivity contribution in [2.45, 2.75) is 17.6 Å². The Kier molecular flexibility index (Phi) is 5.98. The van der Waals surface area contributed by atoms with Crippen molar-refractivity contribution in [3.8, 4) is 0 Å². The number of hydrogen-bond donors (Lipinski definition) is 0. The summed E-state index contributed by atoms with van der Waals surface area (Å²) in [6.45, 7) is -0.388. The summed E-state index contributed by atoms with van der Waals surface area (Å²) in [5.74, 6) is -0.714. The topological polar surface area (TPSA) is 80.5 Å². The summed E-state index contributed by atoms with van der Waals surface area (Å²) < 4.78 is 79.4. The van der Waals surface area contributed by atoms with Gasteiger partial charge in [0.05, 0.1) is 27.6 Å². The maximum Gasteiger partial charge on any atom is 0.416 e. The predicted octanol–water partition coefficient (Wildman–Crippen LogP) is 5.15. The molecule has 31 heavy (non-hydrogen) atoms. The second-order valence-corrected chi connectivity index (χ2v) is 8.30. The second-order valence-electron chi connectivity index (χ2n) is 6.44. The molecule has 0 saturated carbocycles. The number of hydrogen-bond acceptors (Lipinski definition) is 4. The smallest absolute Gasteiger partial charge is 0.262 e. The number of benzene rings is 3. The van der Waals surface area contributed by atoms with Crippen molar-refractivity contribution in [2.24, 2.45) is 0 Å². The van der Waals surface area contributed by atoms with Crippen molar-refractivity contribution in [1.82, 2.24) is 0 Å². The van der Waals surface area contributed by atoms with Gasteiger partial charge in [-0.3, -0.25) is 14.4 Å². The number of non-ortho nitro benzene ring substituents is 1. The Morgan fingerprint density at radius 3 is 2.06 bits per heavy atom. The van der Waals surface area contributed by atoms with Crippen LogP contribution in [0.15, 0.2) is 77.7 Å². The Balaban J connectivity index is 2.03. The van der Waals surface area contributed by atoms with E-state index in [1.807, 2.05) is 0 Å². The normalized spacial score (nSPS) is 11.9. The molecule has 3 aromatic rings. The number of nitro benzene ring substituents is 1. The molecule has 3 rings (SSSR count). The van der Waals surface area contributed by atoms with Crippen molar-refractivity contribution < 1.29 is 30.9 Å². The average Bonchev–Trinajstić information content (AvgIpc) is 2.71. The Bertz CT molecular complexity index is 1200. The van der Waals surface area contributed by atoms with Gasteiger partial charge in [0.1, 0.15) is 5.82 Å². The number of sulfonamides is 1. The summed E-state index contributed by atoms with van der Waals surface area (Å²) in [5.41, 5.74) is -1.05. The van der Waals surface area contributed by atoms with Crippen molar-refractivity contribution in [2.75, 3.05) is 4.31 Å². The Morgan fingerprint density at radius 1 is 0.935 bits per heavy atom. The monoisotopic (exact) mass is 454 g/mol. The summed E-state index contributed by atoms with van der Waals surface area (Å²) in [4.78, 5) is 9.83. The van der Waals surface area contributed by atoms with Crippen molar-refractivity contribution in [3.05, 3.63) is 99.9 Å². The van der Waals surface area contributed by atoms with Crippen LogP contribution in [0.3, 0.4) is 0 Å². The van der Waals surface area contributed by atoms with Crippen LogP contribution in [-0.4, -0.2) is 13.3 Å². The van der Waals surface area contributed by atoms with E-state index in [4.69, 9.17) is 0 Å². The number of alkyl halides is 3. The summed E-state index contributed by atoms with van der Waals surface area (Å²) in [6, 6.07) is 12.7. The van der Waals surface area contributed by atoms with Gasteiger partial charge in [-0.25, -0.2) is 12.8 Å². The molecule has 0 spiro atoms. The lowest BCUT2D eigenvalue weighted by Gasteiger charge is -2.25. The predicted molar refractivity (Wildman–Crippen MR) is 104 cm³/mol. The van der Waals surface area contributed by atoms with E-state index in [-0.39, 0.29) is 28.4 Å². The van der Waals surface area contributed by atoms with E-state index in [2.05, 4.69) is 0 Å². The molecule has 0 fully saturated rings. The van der Waals surface area contributed by atoms with Crippen LogP contribution in [0.4, 0.5) is 28.9 Å². The summed E-state index contributed by atoms with van der Waals surface area (Å²) >= 11 is 0. The third-order valence-electron chi connectivity index (χ3n) is 4.34. The van der Waals surface area contributed by atoms with Gasteiger partial charge in [0, 0.05) is 12.1 Å². The van der Waals surface area contributed by atoms with Crippen molar-refractivity contribution in [3.63, 3.8) is 0 Å². The molecule has 162 valence electrons. The van der Waals surface area contributed by atoms with Crippen LogP contribution >= 0.6 is 0 Å². The maximum atomic E-state index is 13.8. The fraction of sp³-hybridized carbons (Fsp3) is 0.100. The minimum absolute atomic E-state index is 0.0572. The van der Waals surface area contributed by atoms with Gasteiger partial charge < -0.3 is 0 Å². The fourth-order valence-corrected chi connectivity index (χ4v) is 4.22. The number of halogens is 4. The van der Waals surface area contributed by atoms with Crippen LogP contribution in [-0.2, 0) is 22.7 Å². The summed E-state index contributed by atoms with van der Waals surface area (Å²) in [5, 5.41) is 10.8. The molecule has 6 nitrogen and oxygen atoms in total. The molecule has 3 aromatic carbocycles. The van der Waals surface area contributed by atoms with Gasteiger partial charge in [-0.1, -0.05) is 18.2 Å². The van der Waals surface area contributed by atoms with Crippen LogP contribution in [0.2, 0.25) is 0 Å². The molecule has 0 N–H and O–H groups in total. The Hall–Kier alpha value is -3.47. The van der Waals surface area contributed by atoms with Crippen LogP contribution in [0.25, 0.3) is 0 Å². The first-order chi connectivity index (χ1) is 14.5. The maximum absolute atomic E-state index is 13.8. The number of nitrogens with zero attached hydrogens (tertiary/aromatic N) is 2. The van der Waals surface area contributed by atoms with Crippen molar-refractivity contribution >= 4 is 21.4 Å². The van der Waals surface area contributed by atoms with E-state index in [0.717, 1.165) is 65.0 Å². The zero-order chi connectivity index (χ0) is 22.8. The van der Waals surface area contributed by atoms with Gasteiger partial charge in [0.25, 0.3) is 15.7 Å². The third kappa shape index (κ3) is 5.00. The molecular formula is C20H14F4N2O4S. The molecule has 0 atom stereocenters. The highest BCUT2D eigenvalue weighted by Gasteiger charge is 2.31. The highest BCUT2D eigenvalue weighted by atomic mass is 32.2. The van der Waals surface area contributed by atoms with Crippen LogP contribution in [0.5, 0.6) is 0 Å². The number of anilines is 1. The summed E-state index contributed by atoms with van der Waals surface area (Å²) in [6.07, 6.45) is -4.55. The minimum Gasteiger partial charge on any atom is -0.262 e. The van der Waals surface area contributed by atoms with Crippen LogP contribution in [0.1, 0.15) is 11.1 Å². The third-order valence-corrected chi connectivity index (χ3v) is 6.13. The van der Waals surface area contributed by atoms with E-state index in [9.17, 15) is 36.1 Å². The lowest BCUT2D eigenvalue weighted by Crippen LogP contribution is -2.30. The summed E-state index contributed by atoms with van der Waals surface area (Å²) in [7, 11) is -4.33. The Morgan fingerprint density at radius 2 is 1.55 bits per heavy atom. The quantitative estimate of drug-likeness (QED) is 0.293. The first kappa shape index (κ1) is 22.2. The molecule has 0 saturated heterocycles. The van der Waals surface area contributed by atoms with Gasteiger partial charge in [-0.2, -0.15) is 13.2 Å². The SMILES string of the molecule is O=[N+]([O-])c1ccc(S(=O)(=O)N(Cc2ccc(C(F)(F)F)cc2)c2cccc(F)c2)cc1. The molecule has 0 aliphatic heterocycles. The standard InChI is InChI=1S/C20H14F4N2O4S/c21-16-2-1-3-18(12-16)25(13-14-4-6-15(7-5-14)20(22,23)24)31(29,30)19-10-8-17(9-11-19)26(27)28/h1-12H,13H2. The molecule has 0 heterocycles. The lowest BCUT2D eigenvalue weighted by atomic mass is 10.1. The van der Waals surface area contributed by atoms with Crippen molar-refractivity contribution in [1.29, 1.82) is 0 Å². The highest BCUT2D eigenvalue weighted by Crippen LogP contribution is 2.31. The van der Waals surface area contributed by atoms with E-state index >= 15 is 0 Å². The second kappa shape index (κ2) is 8.34. The molecular weight excluding hydrogens is 440 g/mol. The van der Waals surface area contributed by atoms with E-state index in [0.29, 0.717) is 0 Å². The van der Waals surface area contributed by atoms with E-state index in [1.54, 1.807) is 0 Å². The Labute approximate surface area is 174 Å². The van der Waals surface area contributed by atoms with Gasteiger partial charge in [0.2, 0.25) is 0 Å². The molecule has 0 aliphatic rings. The lowest BCUT2D eigenvalue weighted by molar-refractivity contribution is -0.384. The number of nitro groups is 1. The molecule has 0 amide bonds. The first-order valence-corrected chi connectivity index (χ1v) is 10.1. The van der Waals surface area contributed by atoms with Crippen LogP contribution in [0, 0.1) is 15.9 Å². The largest absolute Gasteiger partial charge is 0.416 e. The van der Waals surface area contributed by atoms with Gasteiger partial charge in [0.15, 0.2) is 0 Å². The molecule has 0 aliphatic carbocycles. The molecule has 0 radical (unpaired) electrons. The van der Waals surface area contributed by atoms with Gasteiger partial charge in [-0.05, 0) is 48.0 Å². The van der Waals surface area contributed by atoms with Gasteiger partial charge in [-0.15, -0.1) is 0 Å². The average molecular weight is 454 g/mol. The first-order valence-electron chi connectivity index (χ1n) is 8.67. The zero-order valence-corrected chi connectivity index (χ0v) is 16.4. The minimum atomic E-state index is -4.55. The molecule has 0 unspecified atom stereocenters. The fourth-order valence-electron chi connectivity index (χ4n) is 2.78. The van der Waals surface area contributed by atoms with Gasteiger partial charge >= 0.3 is 6.18 Å². The van der Waals surface area contributed by atoms with Crippen LogP contribution < -0.4 is 4.31 Å². The highest BCUT2D eigenvalue weighted by molar-refractivity contribution is 7.92. The molecule has 0 aromatic heterocycles. The number of rotatable bonds is 6. The van der Waals surface area contributed by atoms with E-state index < -0.39 is 32.5 Å². The zero-order valence-electron chi connectivity index (χ0n) is 15.6. The molecule has 11 heteroatoms. The van der Waals surface area contributed by atoms with E-state index in [1.165, 1.54) is 12.1 Å². The molecule has 0 bridgehead atoms.